The van der Waals surface area contributed by atoms with Gasteiger partial charge in [0.25, 0.3) is 0 Å². The summed E-state index contributed by atoms with van der Waals surface area (Å²) >= 11 is 13.7. The number of aromatic nitrogens is 1. The summed E-state index contributed by atoms with van der Waals surface area (Å²) < 4.78 is 29.2. The van der Waals surface area contributed by atoms with E-state index in [0.717, 1.165) is 44.2 Å². The maximum Gasteiger partial charge on any atom is 0.522 e. The zero-order chi connectivity index (χ0) is 43.6. The summed E-state index contributed by atoms with van der Waals surface area (Å²) in [6.45, 7) is 0. The van der Waals surface area contributed by atoms with Gasteiger partial charge in [-0.05, 0) is 81.7 Å². The van der Waals surface area contributed by atoms with Crippen LogP contribution in [-0.4, -0.2) is 57.4 Å². The smallest absolute Gasteiger partial charge is 0.506 e. The number of hydrogen-bond donors (Lipinski definition) is 6. The second kappa shape index (κ2) is 20.5. The molecular weight excluding hydrogens is 943 g/mol. The average Bonchev–Trinajstić information content (AvgIpc) is 3.27. The Morgan fingerprint density at radius 3 is 2.10 bits per heavy atom. The van der Waals surface area contributed by atoms with Crippen molar-refractivity contribution >= 4 is 105 Å². The van der Waals surface area contributed by atoms with Crippen molar-refractivity contribution in [2.24, 2.45) is 10.9 Å². The Kier molecular flexibility index (Phi) is 15.0. The van der Waals surface area contributed by atoms with Crippen LogP contribution in [0.2, 0.25) is 10.0 Å². The molecule has 2 heterocycles. The van der Waals surface area contributed by atoms with Gasteiger partial charge in [0, 0.05) is 61.9 Å². The SMILES string of the molecule is O=Cc1cccc(-c2ccc3c(Nc4cc(O)c(Cl)cc4F)ccnc3c2)c1.O=Cc1cccc(B(O)OO)c1.Oc1cc(NC2=CC=NC3C=C(I)C=CC23)c(F)cc1Cl. The van der Waals surface area contributed by atoms with Crippen LogP contribution in [0.4, 0.5) is 25.8 Å². The molecule has 0 saturated heterocycles. The van der Waals surface area contributed by atoms with Gasteiger partial charge in [0.05, 0.1) is 33.0 Å². The molecule has 1 aliphatic heterocycles. The third-order valence-electron chi connectivity index (χ3n) is 9.18. The lowest BCUT2D eigenvalue weighted by Gasteiger charge is -2.28. The Hall–Kier alpha value is -5.95. The number of fused-ring (bicyclic) bond motifs is 2. The molecule has 17 heteroatoms. The van der Waals surface area contributed by atoms with E-state index in [-0.39, 0.29) is 44.9 Å². The summed E-state index contributed by atoms with van der Waals surface area (Å²) in [5, 5.41) is 43.2. The van der Waals surface area contributed by atoms with Gasteiger partial charge in [-0.3, -0.25) is 29.6 Å². The highest BCUT2D eigenvalue weighted by Crippen LogP contribution is 2.36. The van der Waals surface area contributed by atoms with Crippen LogP contribution in [0.15, 0.2) is 142 Å². The molecular formula is C44H32BCl2F2IN4O7. The first-order valence-electron chi connectivity index (χ1n) is 18.0. The number of phenolic OH excluding ortho intramolecular Hbond substituents is 2. The Bertz CT molecular complexity index is 2740. The third kappa shape index (κ3) is 11.3. The number of carbonyl (C=O) groups excluding carboxylic acids is 2. The van der Waals surface area contributed by atoms with Gasteiger partial charge in [0.2, 0.25) is 0 Å². The highest BCUT2D eigenvalue weighted by molar-refractivity contribution is 14.1. The molecule has 2 aliphatic rings. The minimum Gasteiger partial charge on any atom is -0.506 e. The molecule has 0 spiro atoms. The highest BCUT2D eigenvalue weighted by Gasteiger charge is 2.26. The Balaban J connectivity index is 0.000000166. The number of benzene rings is 5. The number of hydrogen-bond acceptors (Lipinski definition) is 11. The molecule has 6 aromatic rings. The zero-order valence-corrected chi connectivity index (χ0v) is 35.1. The second-order valence-electron chi connectivity index (χ2n) is 13.2. The fourth-order valence-electron chi connectivity index (χ4n) is 6.16. The summed E-state index contributed by atoms with van der Waals surface area (Å²) in [6, 6.07) is 25.5. The van der Waals surface area contributed by atoms with Crippen molar-refractivity contribution in [3.63, 3.8) is 0 Å². The number of phenols is 2. The topological polar surface area (TPSA) is 174 Å². The zero-order valence-electron chi connectivity index (χ0n) is 31.4. The number of pyridine rings is 1. The number of anilines is 3. The van der Waals surface area contributed by atoms with Crippen LogP contribution in [0.1, 0.15) is 20.7 Å². The van der Waals surface area contributed by atoms with Crippen molar-refractivity contribution in [1.82, 2.24) is 4.98 Å². The minimum absolute atomic E-state index is 0.00911. The van der Waals surface area contributed by atoms with E-state index in [2.05, 4.69) is 54.1 Å². The van der Waals surface area contributed by atoms with Crippen LogP contribution in [-0.2, 0) is 4.81 Å². The monoisotopic (exact) mass is 974 g/mol. The largest absolute Gasteiger partial charge is 0.522 e. The number of halogens is 5. The number of nitrogens with one attached hydrogen (secondary N) is 2. The van der Waals surface area contributed by atoms with Crippen LogP contribution in [0.25, 0.3) is 22.0 Å². The Morgan fingerprint density at radius 1 is 0.787 bits per heavy atom. The van der Waals surface area contributed by atoms with Gasteiger partial charge >= 0.3 is 7.12 Å². The van der Waals surface area contributed by atoms with Gasteiger partial charge < -0.3 is 25.9 Å². The van der Waals surface area contributed by atoms with E-state index in [9.17, 15) is 28.6 Å². The summed E-state index contributed by atoms with van der Waals surface area (Å²) in [7, 11) is -1.40. The van der Waals surface area contributed by atoms with Crippen LogP contribution < -0.4 is 16.1 Å². The van der Waals surface area contributed by atoms with E-state index in [1.807, 2.05) is 54.6 Å². The molecule has 5 aromatic carbocycles. The van der Waals surface area contributed by atoms with Crippen molar-refractivity contribution < 1.29 is 43.7 Å². The predicted octanol–water partition coefficient (Wildman–Crippen LogP) is 10.1. The number of allylic oxidation sites excluding steroid dienone is 3. The highest BCUT2D eigenvalue weighted by atomic mass is 127. The van der Waals surface area contributed by atoms with E-state index in [0.29, 0.717) is 34.1 Å². The second-order valence-corrected chi connectivity index (χ2v) is 15.3. The van der Waals surface area contributed by atoms with Crippen LogP contribution in [0, 0.1) is 17.6 Å². The van der Waals surface area contributed by atoms with Crippen LogP contribution >= 0.6 is 45.8 Å². The molecule has 0 saturated carbocycles. The van der Waals surface area contributed by atoms with Crippen molar-refractivity contribution in [3.8, 4) is 22.6 Å². The predicted molar refractivity (Wildman–Crippen MR) is 244 cm³/mol. The molecule has 61 heavy (non-hydrogen) atoms. The molecule has 2 atom stereocenters. The van der Waals surface area contributed by atoms with Gasteiger partial charge in [-0.25, -0.2) is 8.78 Å². The van der Waals surface area contributed by atoms with E-state index in [1.54, 1.807) is 36.7 Å². The van der Waals surface area contributed by atoms with Crippen LogP contribution in [0.3, 0.4) is 0 Å². The normalized spacial score (nSPS) is 14.9. The van der Waals surface area contributed by atoms with E-state index >= 15 is 0 Å². The van der Waals surface area contributed by atoms with Crippen molar-refractivity contribution in [2.75, 3.05) is 10.6 Å². The number of carbonyl (C=O) groups is 2. The standard InChI is InChI=1S/C22H14ClFN2O2.C15H11ClFIN2O.C7H7BO4/c23-17-10-18(24)21(11-22(17)28)26-19-6-7-25-20-9-15(4-5-16(19)20)14-3-1-2-13(8-14)12-27;16-10-6-11(17)14(7-15(10)21)20-12-3-4-19-13-5-8(18)1-2-9(12)13;9-5-6-2-1-3-7(4-6)8(10)12-11/h1-12,28H,(H,25,26);1-7,9,13,20-21H;1-5,10-11H. The summed E-state index contributed by atoms with van der Waals surface area (Å²) in [6.07, 6.45) is 12.7. The van der Waals surface area contributed by atoms with E-state index < -0.39 is 18.8 Å². The maximum absolute atomic E-state index is 14.2. The summed E-state index contributed by atoms with van der Waals surface area (Å²) in [4.78, 5) is 33.8. The third-order valence-corrected chi connectivity index (χ3v) is 10.5. The lowest BCUT2D eigenvalue weighted by Crippen LogP contribution is -2.32. The van der Waals surface area contributed by atoms with Gasteiger partial charge in [-0.1, -0.05) is 90.0 Å². The molecule has 0 fully saturated rings. The van der Waals surface area contributed by atoms with E-state index in [1.165, 1.54) is 24.3 Å². The fourth-order valence-corrected chi connectivity index (χ4v) is 7.03. The number of aliphatic imine (C=N–C) groups is 1. The maximum atomic E-state index is 14.2. The first-order valence-corrected chi connectivity index (χ1v) is 19.9. The number of aldehydes is 2. The molecule has 6 N–H and O–H groups in total. The lowest BCUT2D eigenvalue weighted by molar-refractivity contribution is -0.154. The molecule has 0 amide bonds. The van der Waals surface area contributed by atoms with Gasteiger partial charge in [-0.15, -0.1) is 0 Å². The van der Waals surface area contributed by atoms with Crippen LogP contribution in [0.5, 0.6) is 11.5 Å². The number of dihydropyridines is 1. The average molecular weight is 975 g/mol. The number of nitrogens with zero attached hydrogens (tertiary/aromatic N) is 2. The Labute approximate surface area is 371 Å². The van der Waals surface area contributed by atoms with Gasteiger partial charge in [-0.2, -0.15) is 0 Å². The number of rotatable bonds is 9. The molecule has 11 nitrogen and oxygen atoms in total. The van der Waals surface area contributed by atoms with Crippen molar-refractivity contribution in [1.29, 1.82) is 0 Å². The molecule has 1 aliphatic carbocycles. The van der Waals surface area contributed by atoms with Crippen molar-refractivity contribution in [3.05, 3.63) is 170 Å². The first-order chi connectivity index (χ1) is 29.4. The fraction of sp³-hybridized carbons (Fsp3) is 0.0455. The number of aromatic hydroxyl groups is 2. The quantitative estimate of drug-likeness (QED) is 0.0269. The first kappa shape index (κ1) is 44.6. The lowest BCUT2D eigenvalue weighted by atomic mass is 9.79. The molecule has 8 rings (SSSR count). The molecule has 1 aromatic heterocycles. The minimum atomic E-state index is -1.40. The Morgan fingerprint density at radius 2 is 1.43 bits per heavy atom. The van der Waals surface area contributed by atoms with Gasteiger partial charge in [0.15, 0.2) is 0 Å². The summed E-state index contributed by atoms with van der Waals surface area (Å²) in [5.41, 5.74) is 5.64. The van der Waals surface area contributed by atoms with Gasteiger partial charge in [0.1, 0.15) is 35.7 Å². The molecule has 308 valence electrons. The van der Waals surface area contributed by atoms with Crippen molar-refractivity contribution in [2.45, 2.75) is 6.04 Å². The van der Waals surface area contributed by atoms with E-state index in [4.69, 9.17) is 33.5 Å². The molecule has 0 bridgehead atoms. The summed E-state index contributed by atoms with van der Waals surface area (Å²) in [5.74, 6) is -1.42. The molecule has 0 radical (unpaired) electrons. The molecule has 2 unspecified atom stereocenters.